The zero-order valence-corrected chi connectivity index (χ0v) is 20.6. The Morgan fingerprint density at radius 3 is 2.68 bits per heavy atom. The molecule has 178 valence electrons. The first-order valence-corrected chi connectivity index (χ1v) is 12.2. The number of carbonyl (C=O) groups is 2. The van der Waals surface area contributed by atoms with E-state index in [1.807, 2.05) is 17.0 Å². The number of aryl methyl sites for hydroxylation is 1. The Morgan fingerprint density at radius 1 is 1.09 bits per heavy atom. The average Bonchev–Trinajstić information content (AvgIpc) is 3.35. The van der Waals surface area contributed by atoms with E-state index in [-0.39, 0.29) is 24.4 Å². The summed E-state index contributed by atoms with van der Waals surface area (Å²) in [4.78, 5) is 31.9. The summed E-state index contributed by atoms with van der Waals surface area (Å²) < 4.78 is 10.5. The summed E-state index contributed by atoms with van der Waals surface area (Å²) in [6.07, 6.45) is 0.822. The van der Waals surface area contributed by atoms with Crippen LogP contribution >= 0.6 is 11.3 Å². The van der Waals surface area contributed by atoms with Crippen molar-refractivity contribution in [3.8, 4) is 5.75 Å². The number of methoxy groups -OCH3 is 2. The monoisotopic (exact) mass is 478 g/mol. The van der Waals surface area contributed by atoms with Crippen molar-refractivity contribution in [2.45, 2.75) is 19.4 Å². The number of benzene rings is 2. The molecule has 0 spiro atoms. The van der Waals surface area contributed by atoms with Crippen LogP contribution in [0, 0.1) is 6.92 Å². The number of amides is 2. The fourth-order valence-electron chi connectivity index (χ4n) is 4.46. The second kappa shape index (κ2) is 10.8. The summed E-state index contributed by atoms with van der Waals surface area (Å²) in [5.41, 5.74) is 3.93. The van der Waals surface area contributed by atoms with Crippen molar-refractivity contribution in [1.29, 1.82) is 0 Å². The van der Waals surface area contributed by atoms with Gasteiger partial charge >= 0.3 is 0 Å². The highest BCUT2D eigenvalue weighted by molar-refractivity contribution is 7.10. The fourth-order valence-corrected chi connectivity index (χ4v) is 5.36. The van der Waals surface area contributed by atoms with Crippen LogP contribution in [0.1, 0.15) is 38.0 Å². The third-order valence-electron chi connectivity index (χ3n) is 6.26. The van der Waals surface area contributed by atoms with E-state index in [0.717, 1.165) is 17.5 Å². The van der Waals surface area contributed by atoms with Gasteiger partial charge in [-0.15, -0.1) is 11.3 Å². The van der Waals surface area contributed by atoms with Crippen molar-refractivity contribution in [2.75, 3.05) is 40.5 Å². The van der Waals surface area contributed by atoms with Crippen LogP contribution in [-0.2, 0) is 16.0 Å². The Balaban J connectivity index is 1.62. The number of thiophene rings is 1. The fraction of sp³-hybridized carbons (Fsp3) is 0.333. The summed E-state index contributed by atoms with van der Waals surface area (Å²) in [5, 5.41) is 2.10. The van der Waals surface area contributed by atoms with Crippen LogP contribution in [0.25, 0.3) is 0 Å². The number of rotatable bonds is 8. The van der Waals surface area contributed by atoms with E-state index in [2.05, 4.69) is 30.5 Å². The topological polar surface area (TPSA) is 59.1 Å². The summed E-state index contributed by atoms with van der Waals surface area (Å²) in [6, 6.07) is 17.2. The van der Waals surface area contributed by atoms with Crippen LogP contribution in [0.5, 0.6) is 5.75 Å². The maximum Gasteiger partial charge on any atom is 0.254 e. The minimum atomic E-state index is -0.218. The summed E-state index contributed by atoms with van der Waals surface area (Å²) >= 11 is 1.74. The second-order valence-corrected chi connectivity index (χ2v) is 9.35. The smallest absolute Gasteiger partial charge is 0.254 e. The molecule has 0 saturated heterocycles. The van der Waals surface area contributed by atoms with Gasteiger partial charge in [0.25, 0.3) is 5.91 Å². The van der Waals surface area contributed by atoms with Gasteiger partial charge in [-0.05, 0) is 59.7 Å². The van der Waals surface area contributed by atoms with Crippen molar-refractivity contribution in [3.63, 3.8) is 0 Å². The Morgan fingerprint density at radius 2 is 1.91 bits per heavy atom. The number of fused-ring (bicyclic) bond motifs is 1. The van der Waals surface area contributed by atoms with E-state index in [9.17, 15) is 9.59 Å². The first-order chi connectivity index (χ1) is 16.5. The molecular formula is C27H30N2O4S. The van der Waals surface area contributed by atoms with Crippen molar-refractivity contribution < 1.29 is 19.1 Å². The van der Waals surface area contributed by atoms with Gasteiger partial charge in [0.15, 0.2) is 0 Å². The lowest BCUT2D eigenvalue weighted by atomic mass is 9.90. The van der Waals surface area contributed by atoms with E-state index in [1.54, 1.807) is 54.7 Å². The van der Waals surface area contributed by atoms with Crippen LogP contribution in [0.2, 0.25) is 0 Å². The Kier molecular flexibility index (Phi) is 7.65. The van der Waals surface area contributed by atoms with Gasteiger partial charge in [-0.2, -0.15) is 0 Å². The van der Waals surface area contributed by atoms with Gasteiger partial charge in [-0.25, -0.2) is 0 Å². The molecule has 1 aromatic heterocycles. The number of hydrogen-bond acceptors (Lipinski definition) is 5. The molecule has 1 aliphatic heterocycles. The van der Waals surface area contributed by atoms with Crippen molar-refractivity contribution in [3.05, 3.63) is 87.1 Å². The molecule has 7 heteroatoms. The molecule has 1 aliphatic rings. The van der Waals surface area contributed by atoms with E-state index < -0.39 is 0 Å². The highest BCUT2D eigenvalue weighted by Gasteiger charge is 2.34. The lowest BCUT2D eigenvalue weighted by Gasteiger charge is -2.38. The lowest BCUT2D eigenvalue weighted by Crippen LogP contribution is -2.47. The van der Waals surface area contributed by atoms with Gasteiger partial charge in [0.2, 0.25) is 5.91 Å². The first kappa shape index (κ1) is 24.0. The minimum Gasteiger partial charge on any atom is -0.497 e. The van der Waals surface area contributed by atoms with Crippen LogP contribution in [0.3, 0.4) is 0 Å². The molecule has 3 aromatic rings. The molecule has 2 aromatic carbocycles. The molecule has 2 amide bonds. The third-order valence-corrected chi connectivity index (χ3v) is 7.26. The summed E-state index contributed by atoms with van der Waals surface area (Å²) in [7, 11) is 3.16. The number of ether oxygens (including phenoxy) is 2. The Hall–Kier alpha value is -3.16. The Bertz CT molecular complexity index is 1160. The molecule has 0 aliphatic carbocycles. The first-order valence-electron chi connectivity index (χ1n) is 11.4. The van der Waals surface area contributed by atoms with Crippen LogP contribution in [0.15, 0.2) is 60.0 Å². The SMILES string of the molecule is COCCN(CC(=O)N1CCc2sccc2C1c1ccccc1C)C(=O)c1cccc(OC)c1. The van der Waals surface area contributed by atoms with Gasteiger partial charge < -0.3 is 19.3 Å². The van der Waals surface area contributed by atoms with Crippen molar-refractivity contribution in [1.82, 2.24) is 9.80 Å². The quantitative estimate of drug-likeness (QED) is 0.484. The van der Waals surface area contributed by atoms with Crippen molar-refractivity contribution in [2.24, 2.45) is 0 Å². The standard InChI is InChI=1S/C27H30N2O4S/c1-19-7-4-5-10-22(19)26-23-12-16-34-24(23)11-13-29(26)25(30)18-28(14-15-32-2)27(31)20-8-6-9-21(17-20)33-3/h4-10,12,16-17,26H,11,13-15,18H2,1-3H3. The normalized spacial score (nSPS) is 15.0. The Labute approximate surface area is 204 Å². The number of hydrogen-bond donors (Lipinski definition) is 0. The highest BCUT2D eigenvalue weighted by atomic mass is 32.1. The van der Waals surface area contributed by atoms with Gasteiger partial charge in [0.05, 0.1) is 19.8 Å². The number of nitrogens with zero attached hydrogens (tertiary/aromatic N) is 2. The lowest BCUT2D eigenvalue weighted by molar-refractivity contribution is -0.134. The van der Waals surface area contributed by atoms with Gasteiger partial charge in [0.1, 0.15) is 12.3 Å². The van der Waals surface area contributed by atoms with Crippen LogP contribution in [-0.4, -0.2) is 62.1 Å². The summed E-state index contributed by atoms with van der Waals surface area (Å²) in [6.45, 7) is 3.36. The molecular weight excluding hydrogens is 448 g/mol. The van der Waals surface area contributed by atoms with Crippen LogP contribution < -0.4 is 4.74 Å². The molecule has 6 nitrogen and oxygen atoms in total. The van der Waals surface area contributed by atoms with Gasteiger partial charge in [-0.1, -0.05) is 30.3 Å². The molecule has 0 radical (unpaired) electrons. The van der Waals surface area contributed by atoms with Gasteiger partial charge in [-0.3, -0.25) is 9.59 Å². The maximum atomic E-state index is 13.7. The van der Waals surface area contributed by atoms with Crippen molar-refractivity contribution >= 4 is 23.2 Å². The third kappa shape index (κ3) is 5.00. The zero-order valence-electron chi connectivity index (χ0n) is 19.8. The molecule has 0 N–H and O–H groups in total. The highest BCUT2D eigenvalue weighted by Crippen LogP contribution is 2.39. The minimum absolute atomic E-state index is 0.0126. The largest absolute Gasteiger partial charge is 0.497 e. The summed E-state index contributed by atoms with van der Waals surface area (Å²) in [5.74, 6) is 0.312. The molecule has 0 bridgehead atoms. The molecule has 2 heterocycles. The molecule has 1 atom stereocenters. The van der Waals surface area contributed by atoms with Crippen LogP contribution in [0.4, 0.5) is 0 Å². The zero-order chi connectivity index (χ0) is 24.1. The van der Waals surface area contributed by atoms with E-state index >= 15 is 0 Å². The molecule has 1 unspecified atom stereocenters. The average molecular weight is 479 g/mol. The predicted molar refractivity (Wildman–Crippen MR) is 134 cm³/mol. The molecule has 34 heavy (non-hydrogen) atoms. The number of carbonyl (C=O) groups excluding carboxylic acids is 2. The maximum absolute atomic E-state index is 13.7. The predicted octanol–water partition coefficient (Wildman–Crippen LogP) is 4.33. The van der Waals surface area contributed by atoms with E-state index in [4.69, 9.17) is 9.47 Å². The molecule has 0 saturated carbocycles. The molecule has 0 fully saturated rings. The van der Waals surface area contributed by atoms with E-state index in [1.165, 1.54) is 10.4 Å². The second-order valence-electron chi connectivity index (χ2n) is 8.35. The van der Waals surface area contributed by atoms with E-state index in [0.29, 0.717) is 31.0 Å². The molecule has 4 rings (SSSR count). The van der Waals surface area contributed by atoms with Gasteiger partial charge in [0, 0.05) is 30.6 Å².